The van der Waals surface area contributed by atoms with Crippen LogP contribution in [0.5, 0.6) is 0 Å². The number of aromatic nitrogens is 2. The van der Waals surface area contributed by atoms with Crippen molar-refractivity contribution in [3.63, 3.8) is 0 Å². The monoisotopic (exact) mass is 550 g/mol. The van der Waals surface area contributed by atoms with Gasteiger partial charge in [-0.25, -0.2) is 0 Å². The summed E-state index contributed by atoms with van der Waals surface area (Å²) >= 11 is 0. The lowest BCUT2D eigenvalue weighted by Crippen LogP contribution is -2.35. The summed E-state index contributed by atoms with van der Waals surface area (Å²) in [7, 11) is -3.12. The minimum Gasteiger partial charge on any atom is -0.308 e. The van der Waals surface area contributed by atoms with Gasteiger partial charge in [0.1, 0.15) is 0 Å². The van der Waals surface area contributed by atoms with Gasteiger partial charge < -0.3 is 4.57 Å². The maximum absolute atomic E-state index is 15.5. The van der Waals surface area contributed by atoms with Crippen molar-refractivity contribution >= 4 is 23.1 Å². The third-order valence-corrected chi connectivity index (χ3v) is 11.4. The molecular formula is C37H31N2OP+2. The Hall–Kier alpha value is -4.59. The van der Waals surface area contributed by atoms with Crippen LogP contribution in [0, 0.1) is 20.8 Å². The summed E-state index contributed by atoms with van der Waals surface area (Å²) in [6.45, 7) is 6.30. The molecule has 0 aliphatic carbocycles. The van der Waals surface area contributed by atoms with Crippen LogP contribution in [-0.4, -0.2) is 0 Å². The molecule has 3 nitrogen and oxygen atoms in total. The molecule has 6 aromatic rings. The Morgan fingerprint density at radius 2 is 1.12 bits per heavy atom. The molecule has 1 aliphatic heterocycles. The van der Waals surface area contributed by atoms with Gasteiger partial charge in [-0.1, -0.05) is 78.4 Å². The van der Waals surface area contributed by atoms with Gasteiger partial charge in [-0.3, -0.25) is 0 Å². The average Bonchev–Trinajstić information content (AvgIpc) is 3.26. The van der Waals surface area contributed by atoms with Crippen molar-refractivity contribution in [2.24, 2.45) is 0 Å². The molecule has 2 aromatic heterocycles. The van der Waals surface area contributed by atoms with Crippen molar-refractivity contribution in [3.8, 4) is 33.6 Å². The summed E-state index contributed by atoms with van der Waals surface area (Å²) in [6.07, 6.45) is 8.38. The van der Waals surface area contributed by atoms with Gasteiger partial charge >= 0.3 is 0 Å². The van der Waals surface area contributed by atoms with Gasteiger partial charge in [-0.15, -0.1) is 0 Å². The number of fused-ring (bicyclic) bond motifs is 3. The zero-order chi connectivity index (χ0) is 28.1. The summed E-state index contributed by atoms with van der Waals surface area (Å²) in [4.78, 5) is 0. The molecule has 0 radical (unpaired) electrons. The van der Waals surface area contributed by atoms with Crippen molar-refractivity contribution < 1.29 is 13.7 Å². The Bertz CT molecular complexity index is 1990. The van der Waals surface area contributed by atoms with Gasteiger partial charge in [0.25, 0.3) is 0 Å². The fraction of sp³-hybridized carbons (Fsp3) is 0.0811. The molecule has 4 heteroatoms. The Morgan fingerprint density at radius 3 is 1.78 bits per heavy atom. The second-order valence-corrected chi connectivity index (χ2v) is 13.6. The average molecular weight is 551 g/mol. The predicted octanol–water partition coefficient (Wildman–Crippen LogP) is 6.45. The van der Waals surface area contributed by atoms with E-state index < -0.39 is 7.14 Å². The highest BCUT2D eigenvalue weighted by Crippen LogP contribution is 2.52. The molecule has 0 N–H and O–H groups in total. The van der Waals surface area contributed by atoms with E-state index in [0.29, 0.717) is 0 Å². The van der Waals surface area contributed by atoms with E-state index >= 15 is 4.57 Å². The van der Waals surface area contributed by atoms with E-state index in [1.165, 1.54) is 11.1 Å². The van der Waals surface area contributed by atoms with E-state index in [1.807, 2.05) is 24.3 Å². The van der Waals surface area contributed by atoms with Crippen LogP contribution in [0.1, 0.15) is 16.7 Å². The molecular weight excluding hydrogens is 519 g/mol. The molecule has 1 unspecified atom stereocenters. The Labute approximate surface area is 241 Å². The molecule has 0 amide bonds. The largest absolute Gasteiger partial charge is 0.308 e. The molecule has 198 valence electrons. The van der Waals surface area contributed by atoms with E-state index in [-0.39, 0.29) is 0 Å². The zero-order valence-electron chi connectivity index (χ0n) is 23.5. The number of pyridine rings is 2. The summed E-state index contributed by atoms with van der Waals surface area (Å²) in [5, 5.41) is 2.67. The van der Waals surface area contributed by atoms with Crippen molar-refractivity contribution in [2.45, 2.75) is 20.8 Å². The number of para-hydroxylation sites is 2. The smallest absolute Gasteiger partial charge is 0.213 e. The summed E-state index contributed by atoms with van der Waals surface area (Å²) in [6, 6.07) is 37.8. The number of rotatable bonds is 4. The second kappa shape index (κ2) is 9.80. The number of aryl methyl sites for hydroxylation is 3. The van der Waals surface area contributed by atoms with Crippen molar-refractivity contribution in [2.75, 3.05) is 0 Å². The van der Waals surface area contributed by atoms with Gasteiger partial charge in [-0.2, -0.15) is 9.13 Å². The minimum atomic E-state index is -3.12. The van der Waals surface area contributed by atoms with Gasteiger partial charge in [0.15, 0.2) is 31.9 Å². The molecule has 1 aliphatic rings. The van der Waals surface area contributed by atoms with E-state index in [0.717, 1.165) is 55.1 Å². The Balaban J connectivity index is 1.38. The molecule has 1 atom stereocenters. The number of benzene rings is 4. The van der Waals surface area contributed by atoms with Crippen LogP contribution < -0.4 is 25.0 Å². The lowest BCUT2D eigenvalue weighted by atomic mass is 10.0. The first kappa shape index (κ1) is 25.4. The molecule has 0 saturated carbocycles. The lowest BCUT2D eigenvalue weighted by molar-refractivity contribution is -0.596. The molecule has 0 bridgehead atoms. The summed E-state index contributed by atoms with van der Waals surface area (Å²) in [5.41, 5.74) is 10.1. The molecule has 3 heterocycles. The maximum Gasteiger partial charge on any atom is 0.213 e. The number of hydrogen-bond donors (Lipinski definition) is 0. The fourth-order valence-electron chi connectivity index (χ4n) is 5.96. The lowest BCUT2D eigenvalue weighted by Gasteiger charge is -2.16. The standard InChI is InChI=1S/C37H31N2OP/c1-26-12-15-31(16-13-26)41(40)36-24-30(29-18-21-38(22-19-29)34-10-6-4-8-27(34)2)14-17-32(36)33-20-23-39(25-37(33)41)35-11-7-5-9-28(35)3/h4-25H,1-3H3/q+2. The van der Waals surface area contributed by atoms with Crippen LogP contribution in [0.2, 0.25) is 0 Å². The fourth-order valence-corrected chi connectivity index (χ4v) is 9.02. The van der Waals surface area contributed by atoms with Crippen LogP contribution in [0.15, 0.2) is 134 Å². The Kier molecular flexibility index (Phi) is 6.07. The first-order valence-corrected chi connectivity index (χ1v) is 15.7. The highest BCUT2D eigenvalue weighted by Gasteiger charge is 2.42. The van der Waals surface area contributed by atoms with Gasteiger partial charge in [0.2, 0.25) is 11.4 Å². The molecule has 0 spiro atoms. The molecule has 0 fully saturated rings. The van der Waals surface area contributed by atoms with Gasteiger partial charge in [0, 0.05) is 57.6 Å². The highest BCUT2D eigenvalue weighted by atomic mass is 31.2. The van der Waals surface area contributed by atoms with Crippen molar-refractivity contribution in [1.29, 1.82) is 0 Å². The zero-order valence-corrected chi connectivity index (χ0v) is 24.3. The molecule has 41 heavy (non-hydrogen) atoms. The minimum absolute atomic E-state index is 0.869. The highest BCUT2D eigenvalue weighted by molar-refractivity contribution is 7.86. The normalized spacial score (nSPS) is 15.4. The molecule has 4 aromatic carbocycles. The van der Waals surface area contributed by atoms with E-state index in [2.05, 4.69) is 140 Å². The first-order chi connectivity index (χ1) is 19.9. The van der Waals surface area contributed by atoms with Crippen LogP contribution in [0.25, 0.3) is 33.6 Å². The third kappa shape index (κ3) is 4.17. The van der Waals surface area contributed by atoms with Gasteiger partial charge in [-0.05, 0) is 43.5 Å². The topological polar surface area (TPSA) is 24.8 Å². The van der Waals surface area contributed by atoms with Crippen LogP contribution in [0.3, 0.4) is 0 Å². The van der Waals surface area contributed by atoms with Crippen LogP contribution in [-0.2, 0) is 4.57 Å². The van der Waals surface area contributed by atoms with Crippen molar-refractivity contribution in [1.82, 2.24) is 0 Å². The maximum atomic E-state index is 15.5. The third-order valence-electron chi connectivity index (χ3n) is 8.25. The quantitative estimate of drug-likeness (QED) is 0.183. The van der Waals surface area contributed by atoms with Crippen LogP contribution >= 0.6 is 7.14 Å². The van der Waals surface area contributed by atoms with E-state index in [9.17, 15) is 0 Å². The molecule has 7 rings (SSSR count). The summed E-state index contributed by atoms with van der Waals surface area (Å²) in [5.74, 6) is 0. The second-order valence-electron chi connectivity index (χ2n) is 10.9. The first-order valence-electron chi connectivity index (χ1n) is 14.0. The number of hydrogen-bond acceptors (Lipinski definition) is 1. The predicted molar refractivity (Wildman–Crippen MR) is 168 cm³/mol. The molecule has 0 saturated heterocycles. The summed E-state index contributed by atoms with van der Waals surface area (Å²) < 4.78 is 19.7. The van der Waals surface area contributed by atoms with E-state index in [4.69, 9.17) is 0 Å². The van der Waals surface area contributed by atoms with E-state index in [1.54, 1.807) is 0 Å². The SMILES string of the molecule is Cc1ccc(P2(=O)c3cc(-c4cc[n+](-c5ccccc5C)cc4)ccc3-c3cc[n+](-c4ccccc4C)cc32)cc1. The van der Waals surface area contributed by atoms with Crippen molar-refractivity contribution in [3.05, 3.63) is 151 Å². The van der Waals surface area contributed by atoms with Gasteiger partial charge in [0.05, 0.1) is 5.30 Å². The number of nitrogens with zero attached hydrogens (tertiary/aromatic N) is 2. The van der Waals surface area contributed by atoms with Crippen LogP contribution in [0.4, 0.5) is 0 Å². The Morgan fingerprint density at radius 1 is 0.537 bits per heavy atom.